The van der Waals surface area contributed by atoms with Gasteiger partial charge in [-0.05, 0) is 71.6 Å². The van der Waals surface area contributed by atoms with Gasteiger partial charge in [-0.1, -0.05) is 18.2 Å². The molecule has 3 aromatic rings. The second kappa shape index (κ2) is 10.4. The van der Waals surface area contributed by atoms with Crippen molar-refractivity contribution in [1.82, 2.24) is 29.3 Å². The molecule has 212 valence electrons. The number of nitrogens with one attached hydrogen (secondary N) is 1. The molecule has 2 amide bonds. The lowest BCUT2D eigenvalue weighted by Gasteiger charge is -2.36. The first-order valence-electron chi connectivity index (χ1n) is 14.1. The second-order valence-electron chi connectivity index (χ2n) is 12.1. The van der Waals surface area contributed by atoms with Gasteiger partial charge in [0.25, 0.3) is 5.91 Å². The number of nitrogens with zero attached hydrogens (tertiary/aromatic N) is 6. The fourth-order valence-corrected chi connectivity index (χ4v) is 6.28. The third-order valence-electron chi connectivity index (χ3n) is 8.17. The van der Waals surface area contributed by atoms with Crippen LogP contribution in [0.15, 0.2) is 43.0 Å². The van der Waals surface area contributed by atoms with Crippen molar-refractivity contribution in [2.24, 2.45) is 0 Å². The summed E-state index contributed by atoms with van der Waals surface area (Å²) in [6.45, 7) is 9.00. The van der Waals surface area contributed by atoms with E-state index >= 15 is 0 Å². The maximum atomic E-state index is 12.7. The molecule has 5 heterocycles. The molecule has 0 radical (unpaired) electrons. The summed E-state index contributed by atoms with van der Waals surface area (Å²) in [6, 6.07) is 9.02. The van der Waals surface area contributed by atoms with E-state index < -0.39 is 5.60 Å². The normalized spacial score (nSPS) is 25.2. The number of aromatic nitrogens is 4. The van der Waals surface area contributed by atoms with Gasteiger partial charge in [-0.25, -0.2) is 19.7 Å². The van der Waals surface area contributed by atoms with E-state index in [1.807, 2.05) is 48.4 Å². The van der Waals surface area contributed by atoms with Gasteiger partial charge in [-0.15, -0.1) is 0 Å². The zero-order chi connectivity index (χ0) is 27.9. The highest BCUT2D eigenvalue weighted by atomic mass is 16.6. The predicted octanol–water partition coefficient (Wildman–Crippen LogP) is 4.23. The number of hydrogen-bond donors (Lipinski definition) is 1. The minimum Gasteiger partial charge on any atom is -0.444 e. The van der Waals surface area contributed by atoms with Crippen LogP contribution >= 0.6 is 0 Å². The molecule has 2 aromatic heterocycles. The summed E-state index contributed by atoms with van der Waals surface area (Å²) in [7, 11) is 0. The largest absolute Gasteiger partial charge is 0.444 e. The number of ether oxygens (including phenoxy) is 2. The zero-order valence-corrected chi connectivity index (χ0v) is 23.4. The molecule has 1 spiro atoms. The minimum absolute atomic E-state index is 0.000853. The molecule has 3 fully saturated rings. The number of benzene rings is 1. The Morgan fingerprint density at radius 3 is 2.73 bits per heavy atom. The summed E-state index contributed by atoms with van der Waals surface area (Å²) in [5.74, 6) is 0.131. The highest BCUT2D eigenvalue weighted by molar-refractivity contribution is 6.06. The van der Waals surface area contributed by atoms with Crippen LogP contribution in [0.3, 0.4) is 0 Å². The topological polar surface area (TPSA) is 115 Å². The van der Waals surface area contributed by atoms with E-state index in [0.29, 0.717) is 29.1 Å². The molecule has 40 heavy (non-hydrogen) atoms. The number of fused-ring (bicyclic) bond motifs is 1. The summed E-state index contributed by atoms with van der Waals surface area (Å²) < 4.78 is 14.1. The summed E-state index contributed by atoms with van der Waals surface area (Å²) >= 11 is 0. The van der Waals surface area contributed by atoms with Crippen LogP contribution in [-0.2, 0) is 9.47 Å². The van der Waals surface area contributed by atoms with Crippen LogP contribution < -0.4 is 5.32 Å². The lowest BCUT2D eigenvalue weighted by Crippen LogP contribution is -2.49. The third-order valence-corrected chi connectivity index (χ3v) is 8.17. The summed E-state index contributed by atoms with van der Waals surface area (Å²) in [6.07, 6.45) is 7.77. The molecule has 3 aliphatic heterocycles. The van der Waals surface area contributed by atoms with E-state index in [-0.39, 0.29) is 29.9 Å². The smallest absolute Gasteiger partial charge is 0.410 e. The molecule has 3 aliphatic rings. The molecule has 3 unspecified atom stereocenters. The van der Waals surface area contributed by atoms with Crippen molar-refractivity contribution in [2.75, 3.05) is 31.5 Å². The maximum absolute atomic E-state index is 12.7. The molecule has 0 saturated carbocycles. The van der Waals surface area contributed by atoms with E-state index in [9.17, 15) is 9.59 Å². The Bertz CT molecular complexity index is 1390. The van der Waals surface area contributed by atoms with Crippen LogP contribution in [0.2, 0.25) is 0 Å². The molecule has 1 aromatic carbocycles. The van der Waals surface area contributed by atoms with E-state index in [1.54, 1.807) is 18.5 Å². The Kier molecular flexibility index (Phi) is 6.95. The first kappa shape index (κ1) is 26.6. The van der Waals surface area contributed by atoms with Gasteiger partial charge in [-0.2, -0.15) is 0 Å². The van der Waals surface area contributed by atoms with Crippen molar-refractivity contribution in [1.29, 1.82) is 0 Å². The van der Waals surface area contributed by atoms with Gasteiger partial charge in [0.1, 0.15) is 18.2 Å². The minimum atomic E-state index is -0.494. The van der Waals surface area contributed by atoms with Crippen molar-refractivity contribution < 1.29 is 19.1 Å². The molecular formula is C29H37N7O4. The molecule has 0 bridgehead atoms. The van der Waals surface area contributed by atoms with Gasteiger partial charge in [-0.3, -0.25) is 14.3 Å². The molecule has 0 aliphatic carbocycles. The van der Waals surface area contributed by atoms with Gasteiger partial charge in [0, 0.05) is 30.7 Å². The fraction of sp³-hybridized carbons (Fsp3) is 0.552. The van der Waals surface area contributed by atoms with Crippen LogP contribution in [0.5, 0.6) is 0 Å². The zero-order valence-electron chi connectivity index (χ0n) is 23.4. The molecular weight excluding hydrogens is 510 g/mol. The number of carbonyl (C=O) groups is 2. The van der Waals surface area contributed by atoms with Crippen molar-refractivity contribution in [2.45, 2.75) is 76.3 Å². The average molecular weight is 548 g/mol. The Morgan fingerprint density at radius 1 is 1.10 bits per heavy atom. The van der Waals surface area contributed by atoms with Crippen molar-refractivity contribution in [3.05, 3.63) is 48.5 Å². The quantitative estimate of drug-likeness (QED) is 0.505. The van der Waals surface area contributed by atoms with Gasteiger partial charge >= 0.3 is 6.09 Å². The Labute approximate surface area is 233 Å². The number of amides is 2. The number of hydrogen-bond acceptors (Lipinski definition) is 8. The van der Waals surface area contributed by atoms with Crippen LogP contribution in [0.25, 0.3) is 11.2 Å². The second-order valence-corrected chi connectivity index (χ2v) is 12.1. The highest BCUT2D eigenvalue weighted by Crippen LogP contribution is 2.40. The standard InChI is InChI=1S/C29H37N7O4/c1-28(2,3)40-27(38)34-15-13-29(17-34)12-7-14-35(29)16-21-10-11-22(39-21)36-19-32-23-24(30-18-31-25(23)36)33-26(37)20-8-5-4-6-9-20/h4-6,8-9,18-19,21-22H,7,10-17H2,1-3H3,(H,30,31,33,37). The van der Waals surface area contributed by atoms with Crippen LogP contribution in [0.4, 0.5) is 10.6 Å². The molecule has 3 saturated heterocycles. The Morgan fingerprint density at radius 2 is 1.93 bits per heavy atom. The number of rotatable bonds is 5. The SMILES string of the molecule is CC(C)(C)OC(=O)N1CCC2(CCCN2CC2CCC(n3cnc4c(NC(=O)c5ccccc5)ncnc43)O2)C1. The maximum Gasteiger partial charge on any atom is 0.410 e. The van der Waals surface area contributed by atoms with Crippen LogP contribution in [0, 0.1) is 0 Å². The number of carbonyl (C=O) groups excluding carboxylic acids is 2. The van der Waals surface area contributed by atoms with E-state index in [4.69, 9.17) is 9.47 Å². The van der Waals surface area contributed by atoms with Gasteiger partial charge in [0.2, 0.25) is 0 Å². The Balaban J connectivity index is 1.10. The predicted molar refractivity (Wildman–Crippen MR) is 149 cm³/mol. The highest BCUT2D eigenvalue weighted by Gasteiger charge is 2.48. The Hall–Kier alpha value is -3.57. The number of likely N-dealkylation sites (tertiary alicyclic amines) is 2. The molecule has 3 atom stereocenters. The van der Waals surface area contributed by atoms with Gasteiger partial charge in [0.05, 0.1) is 12.4 Å². The first-order valence-corrected chi connectivity index (χ1v) is 14.1. The fourth-order valence-electron chi connectivity index (χ4n) is 6.28. The molecule has 1 N–H and O–H groups in total. The number of anilines is 1. The summed E-state index contributed by atoms with van der Waals surface area (Å²) in [5.41, 5.74) is 1.22. The van der Waals surface area contributed by atoms with Crippen molar-refractivity contribution in [3.8, 4) is 0 Å². The van der Waals surface area contributed by atoms with Crippen LogP contribution in [-0.4, -0.2) is 84.7 Å². The van der Waals surface area contributed by atoms with Gasteiger partial charge in [0.15, 0.2) is 17.0 Å². The molecule has 11 heteroatoms. The lowest BCUT2D eigenvalue weighted by molar-refractivity contribution is -0.0232. The molecule has 6 rings (SSSR count). The summed E-state index contributed by atoms with van der Waals surface area (Å²) in [5, 5.41) is 2.86. The van der Waals surface area contributed by atoms with Crippen LogP contribution in [0.1, 0.15) is 69.5 Å². The summed E-state index contributed by atoms with van der Waals surface area (Å²) in [4.78, 5) is 43.1. The van der Waals surface area contributed by atoms with Gasteiger partial charge < -0.3 is 19.7 Å². The van der Waals surface area contributed by atoms with Crippen molar-refractivity contribution in [3.63, 3.8) is 0 Å². The monoisotopic (exact) mass is 547 g/mol. The molecule has 11 nitrogen and oxygen atoms in total. The van der Waals surface area contributed by atoms with E-state index in [1.165, 1.54) is 6.33 Å². The van der Waals surface area contributed by atoms with E-state index in [2.05, 4.69) is 25.2 Å². The van der Waals surface area contributed by atoms with Crippen molar-refractivity contribution >= 4 is 29.0 Å². The first-order chi connectivity index (χ1) is 19.2. The average Bonchev–Trinajstić information content (AvgIpc) is 3.72. The lowest BCUT2D eigenvalue weighted by atomic mass is 9.95. The van der Waals surface area contributed by atoms with E-state index in [0.717, 1.165) is 51.7 Å². The third kappa shape index (κ3) is 5.27. The number of imidazole rings is 1.